The van der Waals surface area contributed by atoms with Crippen LogP contribution in [0.3, 0.4) is 0 Å². The molecule has 18 heavy (non-hydrogen) atoms. The van der Waals surface area contributed by atoms with Crippen molar-refractivity contribution in [3.63, 3.8) is 0 Å². The molecular weight excluding hydrogens is 224 g/mol. The fourth-order valence-corrected chi connectivity index (χ4v) is 1.87. The van der Waals surface area contributed by atoms with Gasteiger partial charge in [0.1, 0.15) is 5.82 Å². The first-order valence-electron chi connectivity index (χ1n) is 5.64. The van der Waals surface area contributed by atoms with Crippen molar-refractivity contribution in [3.05, 3.63) is 55.0 Å². The molecule has 3 aromatic rings. The van der Waals surface area contributed by atoms with Crippen molar-refractivity contribution in [1.29, 1.82) is 0 Å². The Bertz CT molecular complexity index is 689. The average Bonchev–Trinajstić information content (AvgIpc) is 2.39. The van der Waals surface area contributed by atoms with Crippen LogP contribution in [0.1, 0.15) is 0 Å². The van der Waals surface area contributed by atoms with E-state index in [-0.39, 0.29) is 0 Å². The van der Waals surface area contributed by atoms with E-state index >= 15 is 0 Å². The minimum atomic E-state index is 0.724. The number of pyridine rings is 2. The predicted molar refractivity (Wildman–Crippen MR) is 73.7 cm³/mol. The third kappa shape index (κ3) is 1.96. The SMILES string of the molecule is Nc1cccc(Nc2nccc3cnccc23)c1. The van der Waals surface area contributed by atoms with Crippen LogP contribution in [0.2, 0.25) is 0 Å². The van der Waals surface area contributed by atoms with Crippen molar-refractivity contribution < 1.29 is 0 Å². The highest BCUT2D eigenvalue weighted by Crippen LogP contribution is 2.24. The lowest BCUT2D eigenvalue weighted by Gasteiger charge is -2.08. The molecule has 0 unspecified atom stereocenters. The van der Waals surface area contributed by atoms with Crippen LogP contribution >= 0.6 is 0 Å². The quantitative estimate of drug-likeness (QED) is 0.671. The van der Waals surface area contributed by atoms with Gasteiger partial charge >= 0.3 is 0 Å². The van der Waals surface area contributed by atoms with E-state index in [1.165, 1.54) is 0 Å². The molecule has 3 rings (SSSR count). The topological polar surface area (TPSA) is 63.8 Å². The van der Waals surface area contributed by atoms with Gasteiger partial charge in [0.15, 0.2) is 0 Å². The van der Waals surface area contributed by atoms with E-state index in [0.29, 0.717) is 0 Å². The van der Waals surface area contributed by atoms with Crippen molar-refractivity contribution in [3.8, 4) is 0 Å². The molecule has 4 heteroatoms. The largest absolute Gasteiger partial charge is 0.399 e. The van der Waals surface area contributed by atoms with Crippen LogP contribution in [0.4, 0.5) is 17.2 Å². The molecule has 0 spiro atoms. The summed E-state index contributed by atoms with van der Waals surface area (Å²) >= 11 is 0. The molecule has 0 atom stereocenters. The normalized spacial score (nSPS) is 10.4. The van der Waals surface area contributed by atoms with Crippen molar-refractivity contribution in [1.82, 2.24) is 9.97 Å². The molecule has 2 heterocycles. The second-order valence-electron chi connectivity index (χ2n) is 4.01. The number of anilines is 3. The van der Waals surface area contributed by atoms with E-state index in [1.54, 1.807) is 12.4 Å². The van der Waals surface area contributed by atoms with Crippen LogP contribution in [-0.2, 0) is 0 Å². The van der Waals surface area contributed by atoms with Crippen molar-refractivity contribution in [2.24, 2.45) is 0 Å². The third-order valence-corrected chi connectivity index (χ3v) is 2.71. The molecule has 3 N–H and O–H groups in total. The highest BCUT2D eigenvalue weighted by molar-refractivity contribution is 5.92. The molecule has 0 fully saturated rings. The zero-order valence-electron chi connectivity index (χ0n) is 9.67. The molecule has 2 aromatic heterocycles. The Morgan fingerprint density at radius 1 is 1.06 bits per heavy atom. The smallest absolute Gasteiger partial charge is 0.138 e. The van der Waals surface area contributed by atoms with Crippen molar-refractivity contribution in [2.45, 2.75) is 0 Å². The van der Waals surface area contributed by atoms with E-state index in [1.807, 2.05) is 42.6 Å². The van der Waals surface area contributed by atoms with Gasteiger partial charge in [0.05, 0.1) is 0 Å². The average molecular weight is 236 g/mol. The molecule has 0 saturated carbocycles. The lowest BCUT2D eigenvalue weighted by atomic mass is 10.2. The number of nitrogens with zero attached hydrogens (tertiary/aromatic N) is 2. The first kappa shape index (κ1) is 10.5. The minimum Gasteiger partial charge on any atom is -0.399 e. The second-order valence-corrected chi connectivity index (χ2v) is 4.01. The van der Waals surface area contributed by atoms with Gasteiger partial charge in [-0.1, -0.05) is 6.07 Å². The van der Waals surface area contributed by atoms with Gasteiger partial charge < -0.3 is 11.1 Å². The van der Waals surface area contributed by atoms with Gasteiger partial charge in [-0.2, -0.15) is 0 Å². The summed E-state index contributed by atoms with van der Waals surface area (Å²) in [6, 6.07) is 11.5. The van der Waals surface area contributed by atoms with Gasteiger partial charge in [-0.15, -0.1) is 0 Å². The maximum absolute atomic E-state index is 5.75. The van der Waals surface area contributed by atoms with E-state index in [2.05, 4.69) is 15.3 Å². The maximum atomic E-state index is 5.75. The number of nitrogens with one attached hydrogen (secondary N) is 1. The van der Waals surface area contributed by atoms with Gasteiger partial charge in [0.25, 0.3) is 0 Å². The number of hydrogen-bond acceptors (Lipinski definition) is 4. The van der Waals surface area contributed by atoms with Crippen LogP contribution in [0.5, 0.6) is 0 Å². The number of nitrogen functional groups attached to an aromatic ring is 1. The van der Waals surface area contributed by atoms with Gasteiger partial charge in [-0.25, -0.2) is 4.98 Å². The monoisotopic (exact) mass is 236 g/mol. The number of benzene rings is 1. The van der Waals surface area contributed by atoms with Crippen LogP contribution in [-0.4, -0.2) is 9.97 Å². The number of fused-ring (bicyclic) bond motifs is 1. The summed E-state index contributed by atoms with van der Waals surface area (Å²) in [6.45, 7) is 0. The zero-order chi connectivity index (χ0) is 12.4. The van der Waals surface area contributed by atoms with E-state index in [0.717, 1.165) is 28.0 Å². The molecule has 0 amide bonds. The minimum absolute atomic E-state index is 0.724. The number of aromatic nitrogens is 2. The fourth-order valence-electron chi connectivity index (χ4n) is 1.87. The lowest BCUT2D eigenvalue weighted by Crippen LogP contribution is -1.95. The Kier molecular flexibility index (Phi) is 2.53. The fraction of sp³-hybridized carbons (Fsp3) is 0. The summed E-state index contributed by atoms with van der Waals surface area (Å²) in [4.78, 5) is 8.45. The molecule has 0 aliphatic carbocycles. The van der Waals surface area contributed by atoms with E-state index in [4.69, 9.17) is 5.73 Å². The summed E-state index contributed by atoms with van der Waals surface area (Å²) in [5.41, 5.74) is 7.40. The number of rotatable bonds is 2. The lowest BCUT2D eigenvalue weighted by molar-refractivity contribution is 1.31. The first-order valence-corrected chi connectivity index (χ1v) is 5.64. The Hall–Kier alpha value is -2.62. The van der Waals surface area contributed by atoms with Gasteiger partial charge in [-0.3, -0.25) is 4.98 Å². The van der Waals surface area contributed by atoms with Crippen molar-refractivity contribution in [2.75, 3.05) is 11.1 Å². The zero-order valence-corrected chi connectivity index (χ0v) is 9.67. The molecular formula is C14H12N4. The third-order valence-electron chi connectivity index (χ3n) is 2.71. The molecule has 0 bridgehead atoms. The molecule has 0 saturated heterocycles. The predicted octanol–water partition coefficient (Wildman–Crippen LogP) is 2.96. The van der Waals surface area contributed by atoms with Crippen molar-refractivity contribution >= 4 is 28.0 Å². The Morgan fingerprint density at radius 2 is 2.00 bits per heavy atom. The van der Waals surface area contributed by atoms with Crippen LogP contribution in [0.25, 0.3) is 10.8 Å². The maximum Gasteiger partial charge on any atom is 0.138 e. The standard InChI is InChI=1S/C14H12N4/c15-11-2-1-3-12(8-11)18-14-13-5-6-16-9-10(13)4-7-17-14/h1-9H,15H2,(H,17,18). The Morgan fingerprint density at radius 3 is 2.89 bits per heavy atom. The van der Waals surface area contributed by atoms with E-state index < -0.39 is 0 Å². The number of hydrogen-bond donors (Lipinski definition) is 2. The highest BCUT2D eigenvalue weighted by Gasteiger charge is 2.02. The molecule has 4 nitrogen and oxygen atoms in total. The highest BCUT2D eigenvalue weighted by atomic mass is 15.0. The van der Waals surface area contributed by atoms with Gasteiger partial charge in [-0.05, 0) is 30.3 Å². The molecule has 0 aliphatic heterocycles. The summed E-state index contributed by atoms with van der Waals surface area (Å²) in [5, 5.41) is 5.36. The molecule has 88 valence electrons. The Labute approximate surface area is 104 Å². The summed E-state index contributed by atoms with van der Waals surface area (Å²) in [7, 11) is 0. The van der Waals surface area contributed by atoms with Gasteiger partial charge in [0, 0.05) is 40.7 Å². The summed E-state index contributed by atoms with van der Waals surface area (Å²) in [5.74, 6) is 0.806. The van der Waals surface area contributed by atoms with Crippen LogP contribution in [0, 0.1) is 0 Å². The van der Waals surface area contributed by atoms with Gasteiger partial charge in [0.2, 0.25) is 0 Å². The van der Waals surface area contributed by atoms with Crippen LogP contribution in [0.15, 0.2) is 55.0 Å². The molecule has 1 aromatic carbocycles. The summed E-state index contributed by atoms with van der Waals surface area (Å²) < 4.78 is 0. The molecule has 0 aliphatic rings. The van der Waals surface area contributed by atoms with Crippen LogP contribution < -0.4 is 11.1 Å². The summed E-state index contributed by atoms with van der Waals surface area (Å²) in [6.07, 6.45) is 5.34. The Balaban J connectivity index is 2.05. The van der Waals surface area contributed by atoms with E-state index in [9.17, 15) is 0 Å². The first-order chi connectivity index (χ1) is 8.83. The second kappa shape index (κ2) is 4.33. The number of nitrogens with two attached hydrogens (primary N) is 1. The molecule has 0 radical (unpaired) electrons.